The zero-order chi connectivity index (χ0) is 13.5. The Kier molecular flexibility index (Phi) is 5.07. The predicted octanol–water partition coefficient (Wildman–Crippen LogP) is 2.03. The number of aromatic hydroxyl groups is 1. The van der Waals surface area contributed by atoms with Gasteiger partial charge in [0.25, 0.3) is 0 Å². The molecule has 0 spiro atoms. The number of phenols is 1. The molecule has 4 N–H and O–H groups in total. The second-order valence-corrected chi connectivity index (χ2v) is 5.22. The van der Waals surface area contributed by atoms with Gasteiger partial charge in [0.15, 0.2) is 5.96 Å². The number of hydrogen-bond acceptors (Lipinski definition) is 2. The number of guanidine groups is 1. The number of nitrogens with zero attached hydrogens (tertiary/aromatic N) is 1. The average molecular weight is 261 g/mol. The van der Waals surface area contributed by atoms with Crippen LogP contribution in [0.15, 0.2) is 29.3 Å². The molecule has 0 unspecified atom stereocenters. The van der Waals surface area contributed by atoms with Gasteiger partial charge < -0.3 is 16.2 Å². The molecule has 0 radical (unpaired) electrons. The maximum Gasteiger partial charge on any atom is 0.188 e. The monoisotopic (exact) mass is 261 g/mol. The van der Waals surface area contributed by atoms with Crippen molar-refractivity contribution in [3.63, 3.8) is 0 Å². The van der Waals surface area contributed by atoms with Gasteiger partial charge in [0.1, 0.15) is 5.75 Å². The van der Waals surface area contributed by atoms with Crippen molar-refractivity contribution in [1.29, 1.82) is 0 Å². The van der Waals surface area contributed by atoms with Gasteiger partial charge in [0, 0.05) is 13.1 Å². The lowest BCUT2D eigenvalue weighted by atomic mass is 9.86. The number of nitrogens with two attached hydrogens (primary N) is 1. The van der Waals surface area contributed by atoms with E-state index in [9.17, 15) is 5.11 Å². The summed E-state index contributed by atoms with van der Waals surface area (Å²) in [6.45, 7) is 1.71. The molecule has 1 aliphatic carbocycles. The zero-order valence-electron chi connectivity index (χ0n) is 11.3. The summed E-state index contributed by atoms with van der Waals surface area (Å²) >= 11 is 0. The molecule has 0 saturated heterocycles. The molecule has 0 aliphatic heterocycles. The third-order valence-corrected chi connectivity index (χ3v) is 3.63. The van der Waals surface area contributed by atoms with Crippen LogP contribution in [0.5, 0.6) is 5.75 Å². The summed E-state index contributed by atoms with van der Waals surface area (Å²) < 4.78 is 0. The van der Waals surface area contributed by atoms with E-state index in [1.54, 1.807) is 12.1 Å². The van der Waals surface area contributed by atoms with E-state index in [0.717, 1.165) is 31.8 Å². The van der Waals surface area contributed by atoms with Crippen molar-refractivity contribution in [1.82, 2.24) is 5.32 Å². The summed E-state index contributed by atoms with van der Waals surface area (Å²) in [4.78, 5) is 4.35. The van der Waals surface area contributed by atoms with Crippen molar-refractivity contribution >= 4 is 5.96 Å². The van der Waals surface area contributed by atoms with Gasteiger partial charge in [-0.2, -0.15) is 0 Å². The highest BCUT2D eigenvalue weighted by atomic mass is 16.3. The summed E-state index contributed by atoms with van der Waals surface area (Å²) in [5.74, 6) is 1.64. The molecule has 2 rings (SSSR count). The Morgan fingerprint density at radius 1 is 1.32 bits per heavy atom. The van der Waals surface area contributed by atoms with Crippen LogP contribution in [0.3, 0.4) is 0 Å². The molecular weight excluding hydrogens is 238 g/mol. The van der Waals surface area contributed by atoms with Crippen LogP contribution in [0.1, 0.15) is 31.2 Å². The largest absolute Gasteiger partial charge is 0.508 e. The highest BCUT2D eigenvalue weighted by Crippen LogP contribution is 2.26. The van der Waals surface area contributed by atoms with E-state index in [1.807, 2.05) is 12.1 Å². The Balaban J connectivity index is 1.59. The van der Waals surface area contributed by atoms with Gasteiger partial charge in [0.05, 0.1) is 0 Å². The lowest BCUT2D eigenvalue weighted by Crippen LogP contribution is -2.33. The lowest BCUT2D eigenvalue weighted by Gasteiger charge is -2.23. The fraction of sp³-hybridized carbons (Fsp3) is 0.533. The van der Waals surface area contributed by atoms with Crippen LogP contribution in [0, 0.1) is 5.92 Å². The zero-order valence-corrected chi connectivity index (χ0v) is 11.3. The van der Waals surface area contributed by atoms with Crippen LogP contribution in [-0.2, 0) is 6.42 Å². The highest BCUT2D eigenvalue weighted by Gasteiger charge is 2.16. The predicted molar refractivity (Wildman–Crippen MR) is 78.3 cm³/mol. The summed E-state index contributed by atoms with van der Waals surface area (Å²) in [6, 6.07) is 7.33. The smallest absolute Gasteiger partial charge is 0.188 e. The Morgan fingerprint density at radius 3 is 2.68 bits per heavy atom. The van der Waals surface area contributed by atoms with Crippen LogP contribution < -0.4 is 11.1 Å². The minimum absolute atomic E-state index is 0.314. The molecule has 0 atom stereocenters. The van der Waals surface area contributed by atoms with Crippen LogP contribution in [0.2, 0.25) is 0 Å². The normalized spacial score (nSPS) is 16.1. The van der Waals surface area contributed by atoms with E-state index >= 15 is 0 Å². The summed E-state index contributed by atoms with van der Waals surface area (Å²) in [6.07, 6.45) is 5.93. The second kappa shape index (κ2) is 7.02. The van der Waals surface area contributed by atoms with Crippen molar-refractivity contribution in [2.45, 2.75) is 32.1 Å². The van der Waals surface area contributed by atoms with E-state index in [2.05, 4.69) is 10.3 Å². The first-order valence-electron chi connectivity index (χ1n) is 7.06. The van der Waals surface area contributed by atoms with Crippen LogP contribution in [0.25, 0.3) is 0 Å². The van der Waals surface area contributed by atoms with Gasteiger partial charge in [-0.3, -0.25) is 4.99 Å². The Hall–Kier alpha value is -1.71. The molecule has 0 heterocycles. The molecule has 0 aromatic heterocycles. The second-order valence-electron chi connectivity index (χ2n) is 5.22. The average Bonchev–Trinajstić information content (AvgIpc) is 2.35. The van der Waals surface area contributed by atoms with Gasteiger partial charge in [-0.05, 0) is 49.3 Å². The number of nitrogens with one attached hydrogen (secondary N) is 1. The molecule has 4 nitrogen and oxygen atoms in total. The van der Waals surface area contributed by atoms with Gasteiger partial charge >= 0.3 is 0 Å². The van der Waals surface area contributed by atoms with Gasteiger partial charge in [-0.1, -0.05) is 18.6 Å². The topological polar surface area (TPSA) is 70.6 Å². The number of aryl methyl sites for hydroxylation is 1. The molecular formula is C15H23N3O. The molecule has 4 heteroatoms. The number of hydrogen-bond donors (Lipinski definition) is 3. The molecule has 1 aromatic carbocycles. The van der Waals surface area contributed by atoms with E-state index in [-0.39, 0.29) is 0 Å². The summed E-state index contributed by atoms with van der Waals surface area (Å²) in [7, 11) is 0. The first kappa shape index (κ1) is 13.7. The van der Waals surface area contributed by atoms with E-state index in [0.29, 0.717) is 11.7 Å². The number of phenolic OH excluding ortho intramolecular Hbond substituents is 1. The fourth-order valence-corrected chi connectivity index (χ4v) is 2.13. The molecule has 1 saturated carbocycles. The SMILES string of the molecule is NC(=NCC1CCC1)NCCCc1ccc(O)cc1. The van der Waals surface area contributed by atoms with E-state index < -0.39 is 0 Å². The van der Waals surface area contributed by atoms with Gasteiger partial charge in [-0.25, -0.2) is 0 Å². The molecule has 1 aromatic rings. The minimum Gasteiger partial charge on any atom is -0.508 e. The van der Waals surface area contributed by atoms with Gasteiger partial charge in [0.2, 0.25) is 0 Å². The summed E-state index contributed by atoms with van der Waals surface area (Å²) in [5, 5.41) is 12.3. The molecule has 0 bridgehead atoms. The molecule has 1 aliphatic rings. The first-order chi connectivity index (χ1) is 9.24. The van der Waals surface area contributed by atoms with E-state index in [1.165, 1.54) is 24.8 Å². The third-order valence-electron chi connectivity index (χ3n) is 3.63. The van der Waals surface area contributed by atoms with Crippen LogP contribution >= 0.6 is 0 Å². The van der Waals surface area contributed by atoms with Crippen LogP contribution in [0.4, 0.5) is 0 Å². The third kappa shape index (κ3) is 4.81. The lowest BCUT2D eigenvalue weighted by molar-refractivity contribution is 0.326. The Bertz CT molecular complexity index is 410. The van der Waals surface area contributed by atoms with E-state index in [4.69, 9.17) is 5.73 Å². The highest BCUT2D eigenvalue weighted by molar-refractivity contribution is 5.77. The minimum atomic E-state index is 0.314. The Labute approximate surface area is 114 Å². The number of rotatable bonds is 6. The van der Waals surface area contributed by atoms with Crippen LogP contribution in [-0.4, -0.2) is 24.2 Å². The molecule has 1 fully saturated rings. The molecule has 19 heavy (non-hydrogen) atoms. The van der Waals surface area contributed by atoms with Crippen molar-refractivity contribution in [3.8, 4) is 5.75 Å². The van der Waals surface area contributed by atoms with Gasteiger partial charge in [-0.15, -0.1) is 0 Å². The molecule has 104 valence electrons. The maximum absolute atomic E-state index is 9.19. The van der Waals surface area contributed by atoms with Crippen molar-refractivity contribution < 1.29 is 5.11 Å². The van der Waals surface area contributed by atoms with Crippen molar-refractivity contribution in [2.75, 3.05) is 13.1 Å². The van der Waals surface area contributed by atoms with Crippen molar-refractivity contribution in [3.05, 3.63) is 29.8 Å². The first-order valence-corrected chi connectivity index (χ1v) is 7.06. The quantitative estimate of drug-likeness (QED) is 0.417. The fourth-order valence-electron chi connectivity index (χ4n) is 2.13. The molecule has 0 amide bonds. The van der Waals surface area contributed by atoms with Crippen molar-refractivity contribution in [2.24, 2.45) is 16.6 Å². The standard InChI is InChI=1S/C15H23N3O/c16-15(18-11-13-3-1-4-13)17-10-2-5-12-6-8-14(19)9-7-12/h6-9,13,19H,1-5,10-11H2,(H3,16,17,18). The number of benzene rings is 1. The Morgan fingerprint density at radius 2 is 2.05 bits per heavy atom. The summed E-state index contributed by atoms with van der Waals surface area (Å²) in [5.41, 5.74) is 7.03. The number of aliphatic imine (C=N–C) groups is 1. The maximum atomic E-state index is 9.19.